The molecule has 1 aromatic carbocycles. The van der Waals surface area contributed by atoms with Crippen molar-refractivity contribution in [1.29, 1.82) is 0 Å². The van der Waals surface area contributed by atoms with Crippen LogP contribution in [-0.4, -0.2) is 81.8 Å². The lowest BCUT2D eigenvalue weighted by atomic mass is 9.95. The van der Waals surface area contributed by atoms with Gasteiger partial charge in [0.1, 0.15) is 4.21 Å². The van der Waals surface area contributed by atoms with E-state index in [9.17, 15) is 35.1 Å². The first-order chi connectivity index (χ1) is 16.6. The van der Waals surface area contributed by atoms with Gasteiger partial charge in [-0.15, -0.1) is 11.3 Å². The topological polar surface area (TPSA) is 98.2 Å². The molecule has 1 N–H and O–H groups in total. The van der Waals surface area contributed by atoms with E-state index in [0.29, 0.717) is 19.0 Å². The van der Waals surface area contributed by atoms with Gasteiger partial charge in [0.05, 0.1) is 12.3 Å². The Bertz CT molecular complexity index is 1230. The lowest BCUT2D eigenvalue weighted by Crippen LogP contribution is -2.58. The fourth-order valence-electron chi connectivity index (χ4n) is 4.10. The minimum Gasteiger partial charge on any atom is -0.376 e. The SMILES string of the molecule is CCCN(C[C@@H]1CN(S(=O)(=O)c2cccs2)CCN1c1ccc(C(C)(O)C(F)(F)F)cc1)S(C)(=O)=O. The second-order valence-corrected chi connectivity index (χ2v) is 14.0. The quantitative estimate of drug-likeness (QED) is 0.499. The molecule has 0 saturated carbocycles. The summed E-state index contributed by atoms with van der Waals surface area (Å²) in [6.07, 6.45) is -3.23. The third-order valence-electron chi connectivity index (χ3n) is 6.20. The van der Waals surface area contributed by atoms with Gasteiger partial charge in [-0.1, -0.05) is 25.1 Å². The smallest absolute Gasteiger partial charge is 0.376 e. The molecule has 202 valence electrons. The molecular formula is C22H30F3N3O5S3. The van der Waals surface area contributed by atoms with Crippen LogP contribution in [0, 0.1) is 0 Å². The Labute approximate surface area is 214 Å². The van der Waals surface area contributed by atoms with Crippen LogP contribution in [0.15, 0.2) is 46.0 Å². The van der Waals surface area contributed by atoms with E-state index in [1.807, 2.05) is 6.92 Å². The maximum Gasteiger partial charge on any atom is 0.421 e. The fraction of sp³-hybridized carbons (Fsp3) is 0.545. The first-order valence-electron chi connectivity index (χ1n) is 11.2. The zero-order valence-electron chi connectivity index (χ0n) is 20.1. The van der Waals surface area contributed by atoms with Gasteiger partial charge in [0.25, 0.3) is 10.0 Å². The van der Waals surface area contributed by atoms with E-state index in [0.717, 1.165) is 17.6 Å². The second-order valence-electron chi connectivity index (χ2n) is 8.88. The van der Waals surface area contributed by atoms with Gasteiger partial charge in [-0.3, -0.25) is 0 Å². The Morgan fingerprint density at radius 3 is 2.25 bits per heavy atom. The van der Waals surface area contributed by atoms with E-state index in [-0.39, 0.29) is 42.5 Å². The Morgan fingerprint density at radius 1 is 1.11 bits per heavy atom. The molecule has 1 aliphatic rings. The first kappa shape index (κ1) is 28.9. The number of anilines is 1. The summed E-state index contributed by atoms with van der Waals surface area (Å²) in [5.41, 5.74) is -2.87. The summed E-state index contributed by atoms with van der Waals surface area (Å²) < 4.78 is 93.6. The predicted molar refractivity (Wildman–Crippen MR) is 133 cm³/mol. The lowest BCUT2D eigenvalue weighted by Gasteiger charge is -2.43. The van der Waals surface area contributed by atoms with Gasteiger partial charge in [-0.05, 0) is 42.5 Å². The molecule has 2 heterocycles. The molecule has 1 aromatic heterocycles. The molecule has 1 unspecified atom stereocenters. The zero-order valence-corrected chi connectivity index (χ0v) is 22.6. The minimum absolute atomic E-state index is 0.00200. The summed E-state index contributed by atoms with van der Waals surface area (Å²) in [6.45, 7) is 3.07. The summed E-state index contributed by atoms with van der Waals surface area (Å²) in [4.78, 5) is 1.81. The average Bonchev–Trinajstić information content (AvgIpc) is 3.33. The molecule has 0 aliphatic carbocycles. The van der Waals surface area contributed by atoms with Gasteiger partial charge < -0.3 is 10.0 Å². The second kappa shape index (κ2) is 10.6. The molecule has 8 nitrogen and oxygen atoms in total. The van der Waals surface area contributed by atoms with Crippen LogP contribution in [0.25, 0.3) is 0 Å². The molecule has 3 rings (SSSR count). The minimum atomic E-state index is -4.87. The first-order valence-corrected chi connectivity index (χ1v) is 15.4. The molecule has 1 fully saturated rings. The molecule has 0 amide bonds. The van der Waals surface area contributed by atoms with Crippen molar-refractivity contribution < 1.29 is 35.1 Å². The molecule has 14 heteroatoms. The highest BCUT2D eigenvalue weighted by Crippen LogP contribution is 2.39. The third kappa shape index (κ3) is 6.05. The number of hydrogen-bond donors (Lipinski definition) is 1. The number of halogens is 3. The number of piperazine rings is 1. The van der Waals surface area contributed by atoms with Gasteiger partial charge in [-0.25, -0.2) is 21.1 Å². The molecule has 1 saturated heterocycles. The number of thiophene rings is 1. The number of aliphatic hydroxyl groups is 1. The summed E-state index contributed by atoms with van der Waals surface area (Å²) >= 11 is 1.09. The van der Waals surface area contributed by atoms with E-state index in [4.69, 9.17) is 0 Å². The molecule has 1 aliphatic heterocycles. The van der Waals surface area contributed by atoms with Crippen LogP contribution < -0.4 is 4.90 Å². The standard InChI is InChI=1S/C22H30F3N3O5S3/c1-4-11-26(35(3,30)31)15-19-16-27(36(32,33)20-6-5-14-34-20)12-13-28(19)18-9-7-17(8-10-18)21(2,29)22(23,24)25/h5-10,14,19,29H,4,11-13,15-16H2,1-3H3/t19-,21?/m1/s1. The Kier molecular flexibility index (Phi) is 8.48. The number of sulfonamides is 2. The highest BCUT2D eigenvalue weighted by molar-refractivity contribution is 7.91. The van der Waals surface area contributed by atoms with Crippen molar-refractivity contribution in [3.8, 4) is 0 Å². The largest absolute Gasteiger partial charge is 0.421 e. The summed E-state index contributed by atoms with van der Waals surface area (Å²) in [5.74, 6) is 0. The fourth-order valence-corrected chi connectivity index (χ4v) is 7.67. The van der Waals surface area contributed by atoms with Crippen LogP contribution in [0.2, 0.25) is 0 Å². The van der Waals surface area contributed by atoms with Gasteiger partial charge >= 0.3 is 6.18 Å². The van der Waals surface area contributed by atoms with Gasteiger partial charge in [0.15, 0.2) is 5.60 Å². The molecule has 0 spiro atoms. The zero-order chi connectivity index (χ0) is 26.9. The number of alkyl halides is 3. The summed E-state index contributed by atoms with van der Waals surface area (Å²) in [6, 6.07) is 7.75. The van der Waals surface area contributed by atoms with E-state index in [2.05, 4.69) is 0 Å². The molecule has 2 atom stereocenters. The van der Waals surface area contributed by atoms with Crippen LogP contribution in [0.4, 0.5) is 18.9 Å². The summed E-state index contributed by atoms with van der Waals surface area (Å²) in [5, 5.41) is 11.6. The molecule has 36 heavy (non-hydrogen) atoms. The lowest BCUT2D eigenvalue weighted by molar-refractivity contribution is -0.258. The van der Waals surface area contributed by atoms with Crippen LogP contribution in [0.5, 0.6) is 0 Å². The van der Waals surface area contributed by atoms with Crippen molar-refractivity contribution in [2.24, 2.45) is 0 Å². The normalized spacial score (nSPS) is 20.0. The Hall–Kier alpha value is -1.71. The van der Waals surface area contributed by atoms with Crippen molar-refractivity contribution >= 4 is 37.1 Å². The van der Waals surface area contributed by atoms with E-state index >= 15 is 0 Å². The van der Waals surface area contributed by atoms with E-state index < -0.39 is 37.9 Å². The number of benzene rings is 1. The van der Waals surface area contributed by atoms with E-state index in [1.54, 1.807) is 16.3 Å². The Morgan fingerprint density at radius 2 is 1.75 bits per heavy atom. The van der Waals surface area contributed by atoms with Crippen LogP contribution in [0.1, 0.15) is 25.8 Å². The van der Waals surface area contributed by atoms with E-state index in [1.165, 1.54) is 38.9 Å². The number of rotatable bonds is 9. The van der Waals surface area contributed by atoms with Crippen molar-refractivity contribution in [2.75, 3.05) is 43.9 Å². The monoisotopic (exact) mass is 569 g/mol. The molecular weight excluding hydrogens is 539 g/mol. The van der Waals surface area contributed by atoms with Crippen LogP contribution in [0.3, 0.4) is 0 Å². The van der Waals surface area contributed by atoms with Crippen molar-refractivity contribution in [3.63, 3.8) is 0 Å². The van der Waals surface area contributed by atoms with Gasteiger partial charge in [-0.2, -0.15) is 17.5 Å². The Balaban J connectivity index is 1.95. The maximum atomic E-state index is 13.3. The van der Waals surface area contributed by atoms with Crippen molar-refractivity contribution in [1.82, 2.24) is 8.61 Å². The number of hydrogen-bond acceptors (Lipinski definition) is 7. The summed E-state index contributed by atoms with van der Waals surface area (Å²) in [7, 11) is -7.37. The number of nitrogens with zero attached hydrogens (tertiary/aromatic N) is 3. The third-order valence-corrected chi connectivity index (χ3v) is 10.7. The van der Waals surface area contributed by atoms with Crippen molar-refractivity contribution in [3.05, 3.63) is 47.3 Å². The average molecular weight is 570 g/mol. The van der Waals surface area contributed by atoms with Gasteiger partial charge in [0.2, 0.25) is 10.0 Å². The molecule has 2 aromatic rings. The predicted octanol–water partition coefficient (Wildman–Crippen LogP) is 3.07. The van der Waals surface area contributed by atoms with Crippen molar-refractivity contribution in [2.45, 2.75) is 42.3 Å². The maximum absolute atomic E-state index is 13.3. The van der Waals surface area contributed by atoms with Crippen LogP contribution in [-0.2, 0) is 25.6 Å². The van der Waals surface area contributed by atoms with Gasteiger partial charge in [0, 0.05) is 38.4 Å². The molecule has 0 bridgehead atoms. The van der Waals surface area contributed by atoms with Crippen LogP contribution >= 0.6 is 11.3 Å². The highest BCUT2D eigenvalue weighted by atomic mass is 32.2. The highest BCUT2D eigenvalue weighted by Gasteiger charge is 2.51. The molecule has 0 radical (unpaired) electrons.